The van der Waals surface area contributed by atoms with Crippen molar-refractivity contribution in [2.24, 2.45) is 0 Å². The summed E-state index contributed by atoms with van der Waals surface area (Å²) in [6, 6.07) is 4.78. The zero-order chi connectivity index (χ0) is 10.3. The van der Waals surface area contributed by atoms with Crippen molar-refractivity contribution in [2.45, 2.75) is 4.21 Å². The van der Waals surface area contributed by atoms with Crippen LogP contribution < -0.4 is 5.46 Å². The van der Waals surface area contributed by atoms with Gasteiger partial charge in [0.05, 0.1) is 4.21 Å². The van der Waals surface area contributed by atoms with Crippen LogP contribution in [0.15, 0.2) is 22.4 Å². The van der Waals surface area contributed by atoms with Gasteiger partial charge in [-0.25, -0.2) is 0 Å². The Kier molecular flexibility index (Phi) is 2.44. The van der Waals surface area contributed by atoms with E-state index in [4.69, 9.17) is 10.0 Å². The Morgan fingerprint density at radius 3 is 2.64 bits per heavy atom. The van der Waals surface area contributed by atoms with Crippen molar-refractivity contribution in [3.05, 3.63) is 18.2 Å². The molecular weight excluding hydrogens is 219 g/mol. The van der Waals surface area contributed by atoms with Crippen LogP contribution in [0.25, 0.3) is 10.1 Å². The summed E-state index contributed by atoms with van der Waals surface area (Å²) in [6.07, 6.45) is 0. The SMILES string of the molecule is OB(O)c1c(S)sc2ccc(O)cc12. The lowest BCUT2D eigenvalue weighted by Crippen LogP contribution is -2.30. The van der Waals surface area contributed by atoms with Crippen LogP contribution in [0.5, 0.6) is 5.75 Å². The summed E-state index contributed by atoms with van der Waals surface area (Å²) in [4.78, 5) is 0. The lowest BCUT2D eigenvalue weighted by atomic mass is 9.80. The number of phenolic OH excluding ortho intramolecular Hbond substituents is 1. The van der Waals surface area contributed by atoms with Crippen LogP contribution in [-0.2, 0) is 0 Å². The van der Waals surface area contributed by atoms with Gasteiger partial charge in [0.25, 0.3) is 0 Å². The first-order chi connectivity index (χ1) is 6.59. The largest absolute Gasteiger partial charge is 0.508 e. The molecule has 0 amide bonds. The van der Waals surface area contributed by atoms with Gasteiger partial charge in [-0.15, -0.1) is 24.0 Å². The van der Waals surface area contributed by atoms with Gasteiger partial charge in [0.2, 0.25) is 0 Å². The second-order valence-electron chi connectivity index (χ2n) is 2.88. The van der Waals surface area contributed by atoms with E-state index >= 15 is 0 Å². The van der Waals surface area contributed by atoms with Gasteiger partial charge in [0.1, 0.15) is 5.75 Å². The van der Waals surface area contributed by atoms with Crippen LogP contribution in [0.4, 0.5) is 0 Å². The molecule has 2 rings (SSSR count). The number of fused-ring (bicyclic) bond motifs is 1. The molecule has 6 heteroatoms. The smallest absolute Gasteiger partial charge is 0.491 e. The maximum absolute atomic E-state index is 9.26. The van der Waals surface area contributed by atoms with Crippen LogP contribution in [0.1, 0.15) is 0 Å². The molecule has 2 aromatic rings. The Labute approximate surface area is 90.2 Å². The quantitative estimate of drug-likeness (QED) is 0.425. The maximum Gasteiger partial charge on any atom is 0.491 e. The number of phenols is 1. The number of rotatable bonds is 1. The van der Waals surface area contributed by atoms with Gasteiger partial charge in [-0.3, -0.25) is 0 Å². The molecule has 0 spiro atoms. The summed E-state index contributed by atoms with van der Waals surface area (Å²) in [6.45, 7) is 0. The molecule has 1 aromatic carbocycles. The van der Waals surface area contributed by atoms with E-state index in [0.717, 1.165) is 4.70 Å². The van der Waals surface area contributed by atoms with E-state index in [-0.39, 0.29) is 5.75 Å². The molecule has 3 N–H and O–H groups in total. The zero-order valence-electron chi connectivity index (χ0n) is 7.01. The molecule has 0 aliphatic heterocycles. The lowest BCUT2D eigenvalue weighted by Gasteiger charge is -1.98. The van der Waals surface area contributed by atoms with Crippen LogP contribution in [0, 0.1) is 0 Å². The van der Waals surface area contributed by atoms with Gasteiger partial charge in [-0.05, 0) is 23.6 Å². The minimum atomic E-state index is -1.56. The van der Waals surface area contributed by atoms with E-state index in [2.05, 4.69) is 12.6 Å². The molecule has 0 unspecified atom stereocenters. The average Bonchev–Trinajstić information content (AvgIpc) is 2.40. The van der Waals surface area contributed by atoms with E-state index in [1.807, 2.05) is 0 Å². The highest BCUT2D eigenvalue weighted by Crippen LogP contribution is 2.28. The van der Waals surface area contributed by atoms with Crippen LogP contribution >= 0.6 is 24.0 Å². The molecule has 14 heavy (non-hydrogen) atoms. The van der Waals surface area contributed by atoms with Crippen molar-refractivity contribution in [1.29, 1.82) is 0 Å². The summed E-state index contributed by atoms with van der Waals surface area (Å²) in [5.74, 6) is 0.102. The summed E-state index contributed by atoms with van der Waals surface area (Å²) in [5, 5.41) is 28.1. The van der Waals surface area contributed by atoms with Crippen molar-refractivity contribution >= 4 is 46.6 Å². The molecule has 1 heterocycles. The molecule has 0 bridgehead atoms. The molecule has 0 aliphatic rings. The summed E-state index contributed by atoms with van der Waals surface area (Å²) in [5.41, 5.74) is 0.351. The van der Waals surface area contributed by atoms with E-state index < -0.39 is 7.12 Å². The van der Waals surface area contributed by atoms with Crippen LogP contribution in [-0.4, -0.2) is 22.3 Å². The maximum atomic E-state index is 9.26. The van der Waals surface area contributed by atoms with E-state index in [0.29, 0.717) is 15.1 Å². The van der Waals surface area contributed by atoms with Crippen molar-refractivity contribution in [3.8, 4) is 5.75 Å². The fraction of sp³-hybridized carbons (Fsp3) is 0. The topological polar surface area (TPSA) is 60.7 Å². The molecular formula is C8H7BO3S2. The Balaban J connectivity index is 2.79. The first-order valence-electron chi connectivity index (χ1n) is 3.90. The molecule has 0 aliphatic carbocycles. The normalized spacial score (nSPS) is 10.8. The Morgan fingerprint density at radius 1 is 1.29 bits per heavy atom. The highest BCUT2D eigenvalue weighted by atomic mass is 32.2. The highest BCUT2D eigenvalue weighted by Gasteiger charge is 2.20. The van der Waals surface area contributed by atoms with E-state index in [1.54, 1.807) is 12.1 Å². The monoisotopic (exact) mass is 226 g/mol. The predicted molar refractivity (Wildman–Crippen MR) is 60.6 cm³/mol. The molecule has 0 fully saturated rings. The van der Waals surface area contributed by atoms with Gasteiger partial charge in [0.15, 0.2) is 0 Å². The first-order valence-corrected chi connectivity index (χ1v) is 5.16. The molecule has 3 nitrogen and oxygen atoms in total. The standard InChI is InChI=1S/C8H7BO3S2/c10-4-1-2-6-5(3-4)7(9(11)12)8(13)14-6/h1-3,10-13H. The van der Waals surface area contributed by atoms with Gasteiger partial charge < -0.3 is 15.2 Å². The summed E-state index contributed by atoms with van der Waals surface area (Å²) in [7, 11) is -1.56. The van der Waals surface area contributed by atoms with E-state index in [1.165, 1.54) is 17.4 Å². The third-order valence-corrected chi connectivity index (χ3v) is 3.45. The Morgan fingerprint density at radius 2 is 2.00 bits per heavy atom. The molecule has 0 atom stereocenters. The van der Waals surface area contributed by atoms with Crippen molar-refractivity contribution < 1.29 is 15.2 Å². The summed E-state index contributed by atoms with van der Waals surface area (Å²) < 4.78 is 1.43. The number of aromatic hydroxyl groups is 1. The van der Waals surface area contributed by atoms with Crippen LogP contribution in [0.3, 0.4) is 0 Å². The van der Waals surface area contributed by atoms with Gasteiger partial charge in [-0.2, -0.15) is 0 Å². The zero-order valence-corrected chi connectivity index (χ0v) is 8.72. The minimum Gasteiger partial charge on any atom is -0.508 e. The second-order valence-corrected chi connectivity index (χ2v) is 4.68. The van der Waals surface area contributed by atoms with Gasteiger partial charge in [0, 0.05) is 10.2 Å². The van der Waals surface area contributed by atoms with Crippen LogP contribution in [0.2, 0.25) is 0 Å². The lowest BCUT2D eigenvalue weighted by molar-refractivity contribution is 0.425. The van der Waals surface area contributed by atoms with Crippen molar-refractivity contribution in [2.75, 3.05) is 0 Å². The molecule has 0 saturated heterocycles. The highest BCUT2D eigenvalue weighted by molar-refractivity contribution is 7.83. The second kappa shape index (κ2) is 3.47. The van der Waals surface area contributed by atoms with Crippen molar-refractivity contribution in [3.63, 3.8) is 0 Å². The number of hydrogen-bond donors (Lipinski definition) is 4. The molecule has 1 aromatic heterocycles. The third kappa shape index (κ3) is 1.50. The number of hydrogen-bond acceptors (Lipinski definition) is 5. The van der Waals surface area contributed by atoms with Gasteiger partial charge >= 0.3 is 7.12 Å². The molecule has 0 radical (unpaired) electrons. The Bertz CT molecular complexity index is 481. The molecule has 72 valence electrons. The fourth-order valence-electron chi connectivity index (χ4n) is 1.34. The number of thiophene rings is 1. The van der Waals surface area contributed by atoms with E-state index in [9.17, 15) is 5.11 Å². The molecule has 0 saturated carbocycles. The first kappa shape index (κ1) is 9.85. The third-order valence-electron chi connectivity index (χ3n) is 1.95. The van der Waals surface area contributed by atoms with Crippen molar-refractivity contribution in [1.82, 2.24) is 0 Å². The minimum absolute atomic E-state index is 0.102. The average molecular weight is 226 g/mol. The number of benzene rings is 1. The summed E-state index contributed by atoms with van der Waals surface area (Å²) >= 11 is 5.50. The Hall–Kier alpha value is -0.685. The van der Waals surface area contributed by atoms with Gasteiger partial charge in [-0.1, -0.05) is 0 Å². The number of thiol groups is 1. The fourth-order valence-corrected chi connectivity index (χ4v) is 2.82. The predicted octanol–water partition coefficient (Wildman–Crippen LogP) is 0.575.